The van der Waals surface area contributed by atoms with E-state index in [2.05, 4.69) is 21.2 Å². The smallest absolute Gasteiger partial charge is 0.255 e. The van der Waals surface area contributed by atoms with Gasteiger partial charge in [-0.1, -0.05) is 12.1 Å². The molecule has 0 spiro atoms. The van der Waals surface area contributed by atoms with Crippen LogP contribution in [0.5, 0.6) is 0 Å². The summed E-state index contributed by atoms with van der Waals surface area (Å²) in [6, 6.07) is 8.51. The fourth-order valence-electron chi connectivity index (χ4n) is 3.75. The second-order valence-electron chi connectivity index (χ2n) is 7.08. The molecule has 0 unspecified atom stereocenters. The van der Waals surface area contributed by atoms with Gasteiger partial charge in [-0.25, -0.2) is 8.42 Å². The van der Waals surface area contributed by atoms with Gasteiger partial charge in [-0.15, -0.1) is 5.10 Å². The largest absolute Gasteiger partial charge is 0.352 e. The first kappa shape index (κ1) is 17.9. The quantitative estimate of drug-likeness (QED) is 0.791. The van der Waals surface area contributed by atoms with Crippen molar-refractivity contribution in [2.75, 3.05) is 37.3 Å². The predicted molar refractivity (Wildman–Crippen MR) is 102 cm³/mol. The van der Waals surface area contributed by atoms with Crippen molar-refractivity contribution in [3.05, 3.63) is 47.2 Å². The molecule has 27 heavy (non-hydrogen) atoms. The van der Waals surface area contributed by atoms with Gasteiger partial charge in [0.05, 0.1) is 16.2 Å². The zero-order valence-electron chi connectivity index (χ0n) is 15.3. The van der Waals surface area contributed by atoms with E-state index in [-0.39, 0.29) is 16.4 Å². The average molecular weight is 386 g/mol. The fraction of sp³-hybridized carbons (Fsp3) is 0.421. The van der Waals surface area contributed by atoms with Crippen LogP contribution in [0.2, 0.25) is 0 Å². The third-order valence-electron chi connectivity index (χ3n) is 5.21. The number of aryl methyl sites for hydroxylation is 2. The van der Waals surface area contributed by atoms with E-state index < -0.39 is 9.84 Å². The lowest BCUT2D eigenvalue weighted by Crippen LogP contribution is -2.49. The third kappa shape index (κ3) is 3.53. The maximum atomic E-state index is 12.9. The lowest BCUT2D eigenvalue weighted by atomic mass is 10.1. The molecule has 0 saturated carbocycles. The molecular weight excluding hydrogens is 364 g/mol. The minimum atomic E-state index is -3.45. The van der Waals surface area contributed by atoms with Gasteiger partial charge < -0.3 is 9.80 Å². The SMILES string of the molecule is CS(=O)(=O)c1ccccc1C(=O)N1CCN(c2cc3c(nn2)CCC3)CC1. The summed E-state index contributed by atoms with van der Waals surface area (Å²) in [6.07, 6.45) is 4.32. The van der Waals surface area contributed by atoms with Crippen LogP contribution in [-0.4, -0.2) is 61.9 Å². The highest BCUT2D eigenvalue weighted by atomic mass is 32.2. The number of amides is 1. The molecule has 1 aromatic heterocycles. The second kappa shape index (κ2) is 6.92. The van der Waals surface area contributed by atoms with E-state index in [9.17, 15) is 13.2 Å². The van der Waals surface area contributed by atoms with E-state index >= 15 is 0 Å². The number of carbonyl (C=O) groups is 1. The molecule has 0 bridgehead atoms. The number of hydrogen-bond donors (Lipinski definition) is 0. The Bertz CT molecular complexity index is 982. The summed E-state index contributed by atoms with van der Waals surface area (Å²) < 4.78 is 24.0. The summed E-state index contributed by atoms with van der Waals surface area (Å²) in [4.78, 5) is 16.8. The van der Waals surface area contributed by atoms with Crippen molar-refractivity contribution in [1.29, 1.82) is 0 Å². The molecule has 1 aromatic carbocycles. The van der Waals surface area contributed by atoms with Gasteiger partial charge in [0.25, 0.3) is 5.91 Å². The van der Waals surface area contributed by atoms with Crippen molar-refractivity contribution in [2.45, 2.75) is 24.2 Å². The number of benzene rings is 1. The Kier molecular flexibility index (Phi) is 4.59. The number of fused-ring (bicyclic) bond motifs is 1. The van der Waals surface area contributed by atoms with Crippen molar-refractivity contribution < 1.29 is 13.2 Å². The molecule has 2 heterocycles. The van der Waals surface area contributed by atoms with Gasteiger partial charge in [-0.3, -0.25) is 4.79 Å². The van der Waals surface area contributed by atoms with E-state index in [0.29, 0.717) is 26.2 Å². The highest BCUT2D eigenvalue weighted by molar-refractivity contribution is 7.90. The molecule has 1 aliphatic heterocycles. The molecule has 142 valence electrons. The summed E-state index contributed by atoms with van der Waals surface area (Å²) >= 11 is 0. The average Bonchev–Trinajstić information content (AvgIpc) is 3.15. The molecule has 7 nitrogen and oxygen atoms in total. The Labute approximate surface area is 158 Å². The third-order valence-corrected chi connectivity index (χ3v) is 6.37. The van der Waals surface area contributed by atoms with E-state index in [4.69, 9.17) is 0 Å². The number of nitrogens with zero attached hydrogens (tertiary/aromatic N) is 4. The van der Waals surface area contributed by atoms with Crippen molar-refractivity contribution in [1.82, 2.24) is 15.1 Å². The number of sulfone groups is 1. The first-order valence-corrected chi connectivity index (χ1v) is 11.0. The molecule has 4 rings (SSSR count). The van der Waals surface area contributed by atoms with Gasteiger partial charge >= 0.3 is 0 Å². The lowest BCUT2D eigenvalue weighted by molar-refractivity contribution is 0.0742. The van der Waals surface area contributed by atoms with Crippen LogP contribution < -0.4 is 4.90 Å². The van der Waals surface area contributed by atoms with Gasteiger partial charge in [0.15, 0.2) is 15.7 Å². The standard InChI is InChI=1S/C19H22N4O3S/c1-27(25,26)17-8-3-2-6-15(17)19(24)23-11-9-22(10-12-23)18-13-14-5-4-7-16(14)20-21-18/h2-3,6,8,13H,4-5,7,9-12H2,1H3. The first-order chi connectivity index (χ1) is 12.9. The fourth-order valence-corrected chi connectivity index (χ4v) is 4.63. The zero-order chi connectivity index (χ0) is 19.0. The zero-order valence-corrected chi connectivity index (χ0v) is 16.1. The number of carbonyl (C=O) groups excluding carboxylic acids is 1. The Balaban J connectivity index is 1.48. The van der Waals surface area contributed by atoms with Crippen LogP contribution in [-0.2, 0) is 22.7 Å². The number of aromatic nitrogens is 2. The Morgan fingerprint density at radius 1 is 1.04 bits per heavy atom. The summed E-state index contributed by atoms with van der Waals surface area (Å²) in [5.41, 5.74) is 2.62. The molecule has 1 fully saturated rings. The van der Waals surface area contributed by atoms with E-state index in [1.54, 1.807) is 23.1 Å². The Morgan fingerprint density at radius 3 is 2.52 bits per heavy atom. The van der Waals surface area contributed by atoms with Gasteiger partial charge in [-0.05, 0) is 43.0 Å². The van der Waals surface area contributed by atoms with Gasteiger partial charge in [0, 0.05) is 32.4 Å². The minimum absolute atomic E-state index is 0.0851. The van der Waals surface area contributed by atoms with Crippen LogP contribution in [0.1, 0.15) is 28.0 Å². The normalized spacial score (nSPS) is 17.1. The van der Waals surface area contributed by atoms with Crippen LogP contribution >= 0.6 is 0 Å². The highest BCUT2D eigenvalue weighted by Crippen LogP contribution is 2.24. The van der Waals surface area contributed by atoms with Crippen LogP contribution in [0.3, 0.4) is 0 Å². The molecular formula is C19H22N4O3S. The van der Waals surface area contributed by atoms with Crippen molar-refractivity contribution in [2.24, 2.45) is 0 Å². The molecule has 0 atom stereocenters. The van der Waals surface area contributed by atoms with E-state index in [1.807, 2.05) is 0 Å². The maximum absolute atomic E-state index is 12.9. The van der Waals surface area contributed by atoms with Crippen molar-refractivity contribution in [3.8, 4) is 0 Å². The number of anilines is 1. The summed E-state index contributed by atoms with van der Waals surface area (Å²) in [5, 5.41) is 8.68. The number of rotatable bonds is 3. The van der Waals surface area contributed by atoms with Gasteiger partial charge in [0.1, 0.15) is 0 Å². The van der Waals surface area contributed by atoms with Crippen LogP contribution in [0.4, 0.5) is 5.82 Å². The molecule has 8 heteroatoms. The summed E-state index contributed by atoms with van der Waals surface area (Å²) in [6.45, 7) is 2.35. The summed E-state index contributed by atoms with van der Waals surface area (Å²) in [5.74, 6) is 0.620. The lowest BCUT2D eigenvalue weighted by Gasteiger charge is -2.35. The van der Waals surface area contributed by atoms with Gasteiger partial charge in [-0.2, -0.15) is 5.10 Å². The van der Waals surface area contributed by atoms with Crippen LogP contribution in [0.15, 0.2) is 35.2 Å². The van der Waals surface area contributed by atoms with E-state index in [0.717, 1.165) is 37.0 Å². The summed E-state index contributed by atoms with van der Waals surface area (Å²) in [7, 11) is -3.45. The predicted octanol–water partition coefficient (Wildman–Crippen LogP) is 1.33. The maximum Gasteiger partial charge on any atom is 0.255 e. The second-order valence-corrected chi connectivity index (χ2v) is 9.06. The minimum Gasteiger partial charge on any atom is -0.352 e. The number of piperazine rings is 1. The molecule has 1 saturated heterocycles. The van der Waals surface area contributed by atoms with E-state index in [1.165, 1.54) is 11.6 Å². The van der Waals surface area contributed by atoms with Crippen LogP contribution in [0, 0.1) is 0 Å². The molecule has 1 aliphatic carbocycles. The number of hydrogen-bond acceptors (Lipinski definition) is 6. The van der Waals surface area contributed by atoms with Crippen molar-refractivity contribution >= 4 is 21.6 Å². The monoisotopic (exact) mass is 386 g/mol. The molecule has 1 amide bonds. The molecule has 0 N–H and O–H groups in total. The Morgan fingerprint density at radius 2 is 1.78 bits per heavy atom. The topological polar surface area (TPSA) is 83.5 Å². The van der Waals surface area contributed by atoms with Gasteiger partial charge in [0.2, 0.25) is 0 Å². The molecule has 2 aliphatic rings. The highest BCUT2D eigenvalue weighted by Gasteiger charge is 2.27. The van der Waals surface area contributed by atoms with Crippen molar-refractivity contribution in [3.63, 3.8) is 0 Å². The Hall–Kier alpha value is -2.48. The first-order valence-electron chi connectivity index (χ1n) is 9.12. The van der Waals surface area contributed by atoms with Crippen LogP contribution in [0.25, 0.3) is 0 Å². The molecule has 2 aromatic rings. The molecule has 0 radical (unpaired) electrons.